The van der Waals surface area contributed by atoms with Crippen molar-refractivity contribution in [1.82, 2.24) is 4.98 Å². The Morgan fingerprint density at radius 3 is 2.57 bits per heavy atom. The van der Waals surface area contributed by atoms with Crippen LogP contribution in [0.3, 0.4) is 0 Å². The van der Waals surface area contributed by atoms with Crippen LogP contribution in [0.15, 0.2) is 48.7 Å². The Kier molecular flexibility index (Phi) is 6.59. The zero-order valence-electron chi connectivity index (χ0n) is 12.7. The topological polar surface area (TPSA) is 34.1 Å². The molecule has 0 aliphatic rings. The molecule has 3 heteroatoms. The van der Waals surface area contributed by atoms with Crippen LogP contribution >= 0.6 is 0 Å². The number of aromatic nitrogens is 1. The Bertz CT molecular complexity index is 496. The molecule has 0 aliphatic heterocycles. The molecule has 0 saturated carbocycles. The van der Waals surface area contributed by atoms with Gasteiger partial charge in [-0.05, 0) is 36.2 Å². The highest BCUT2D eigenvalue weighted by Crippen LogP contribution is 2.14. The van der Waals surface area contributed by atoms with Crippen LogP contribution in [0, 0.1) is 0 Å². The number of nitrogens with zero attached hydrogens (tertiary/aromatic N) is 1. The summed E-state index contributed by atoms with van der Waals surface area (Å²) >= 11 is 0. The molecule has 0 spiro atoms. The maximum atomic E-state index is 5.74. The summed E-state index contributed by atoms with van der Waals surface area (Å²) in [6, 6.07) is 14.1. The van der Waals surface area contributed by atoms with Gasteiger partial charge >= 0.3 is 0 Å². The monoisotopic (exact) mass is 284 g/mol. The molecule has 0 radical (unpaired) electrons. The predicted molar refractivity (Wildman–Crippen MR) is 87.6 cm³/mol. The number of benzene rings is 1. The lowest BCUT2D eigenvalue weighted by molar-refractivity contribution is 0.305. The van der Waals surface area contributed by atoms with E-state index in [1.165, 1.54) is 24.8 Å². The van der Waals surface area contributed by atoms with Gasteiger partial charge in [-0.1, -0.05) is 44.4 Å². The van der Waals surface area contributed by atoms with Crippen molar-refractivity contribution in [2.24, 2.45) is 0 Å². The normalized spacial score (nSPS) is 10.3. The summed E-state index contributed by atoms with van der Waals surface area (Å²) in [7, 11) is 0. The quantitative estimate of drug-likeness (QED) is 0.680. The molecule has 1 aromatic carbocycles. The van der Waals surface area contributed by atoms with Crippen LogP contribution in [0.5, 0.6) is 5.75 Å². The molecule has 0 amide bonds. The second-order valence-corrected chi connectivity index (χ2v) is 5.12. The summed E-state index contributed by atoms with van der Waals surface area (Å²) in [5, 5.41) is 3.29. The van der Waals surface area contributed by atoms with Crippen molar-refractivity contribution in [2.45, 2.75) is 39.2 Å². The maximum absolute atomic E-state index is 5.74. The van der Waals surface area contributed by atoms with Crippen molar-refractivity contribution in [3.8, 4) is 5.75 Å². The summed E-state index contributed by atoms with van der Waals surface area (Å²) in [6.45, 7) is 3.80. The molecule has 0 atom stereocenters. The van der Waals surface area contributed by atoms with Gasteiger partial charge in [-0.15, -0.1) is 0 Å². The Hall–Kier alpha value is -2.03. The van der Waals surface area contributed by atoms with Gasteiger partial charge in [0.1, 0.15) is 11.6 Å². The number of ether oxygens (including phenoxy) is 1. The smallest absolute Gasteiger partial charge is 0.126 e. The van der Waals surface area contributed by atoms with E-state index in [0.29, 0.717) is 0 Å². The molecule has 1 aromatic heterocycles. The maximum Gasteiger partial charge on any atom is 0.126 e. The van der Waals surface area contributed by atoms with Crippen LogP contribution in [0.4, 0.5) is 5.82 Å². The van der Waals surface area contributed by atoms with Gasteiger partial charge in [-0.3, -0.25) is 0 Å². The molecule has 112 valence electrons. The number of hydrogen-bond donors (Lipinski definition) is 1. The predicted octanol–water partition coefficient (Wildman–Crippen LogP) is 4.65. The lowest BCUT2D eigenvalue weighted by Crippen LogP contribution is -2.01. The molecule has 21 heavy (non-hydrogen) atoms. The van der Waals surface area contributed by atoms with Gasteiger partial charge in [0, 0.05) is 12.7 Å². The number of pyridine rings is 1. The van der Waals surface area contributed by atoms with Crippen molar-refractivity contribution in [3.63, 3.8) is 0 Å². The third-order valence-corrected chi connectivity index (χ3v) is 3.33. The zero-order chi connectivity index (χ0) is 14.8. The van der Waals surface area contributed by atoms with Crippen LogP contribution in [-0.2, 0) is 6.54 Å². The van der Waals surface area contributed by atoms with E-state index < -0.39 is 0 Å². The van der Waals surface area contributed by atoms with E-state index >= 15 is 0 Å². The average Bonchev–Trinajstić information content (AvgIpc) is 2.55. The van der Waals surface area contributed by atoms with E-state index in [2.05, 4.69) is 29.4 Å². The van der Waals surface area contributed by atoms with Crippen LogP contribution in [0.1, 0.15) is 38.2 Å². The summed E-state index contributed by atoms with van der Waals surface area (Å²) in [5.74, 6) is 1.85. The fourth-order valence-corrected chi connectivity index (χ4v) is 2.08. The summed E-state index contributed by atoms with van der Waals surface area (Å²) in [6.07, 6.45) is 6.73. The second kappa shape index (κ2) is 9.01. The van der Waals surface area contributed by atoms with Crippen LogP contribution in [0.2, 0.25) is 0 Å². The van der Waals surface area contributed by atoms with Gasteiger partial charge in [0.2, 0.25) is 0 Å². The molecule has 1 N–H and O–H groups in total. The van der Waals surface area contributed by atoms with E-state index in [0.717, 1.165) is 31.1 Å². The van der Waals surface area contributed by atoms with Gasteiger partial charge < -0.3 is 10.1 Å². The average molecular weight is 284 g/mol. The Labute approximate surface area is 127 Å². The first-order chi connectivity index (χ1) is 10.4. The molecule has 3 nitrogen and oxygen atoms in total. The number of rotatable bonds is 9. The lowest BCUT2D eigenvalue weighted by Gasteiger charge is -2.08. The highest BCUT2D eigenvalue weighted by Gasteiger charge is 1.97. The minimum atomic E-state index is 0.772. The third-order valence-electron chi connectivity index (χ3n) is 3.33. The van der Waals surface area contributed by atoms with Gasteiger partial charge in [-0.25, -0.2) is 4.98 Å². The molecule has 0 saturated heterocycles. The minimum Gasteiger partial charge on any atom is -0.494 e. The first-order valence-electron chi connectivity index (χ1n) is 7.75. The van der Waals surface area contributed by atoms with Gasteiger partial charge in [0.25, 0.3) is 0 Å². The SMILES string of the molecule is CCCCCCOc1ccc(CNc2ccccn2)cc1. The van der Waals surface area contributed by atoms with Crippen LogP contribution in [-0.4, -0.2) is 11.6 Å². The molecular formula is C18H24N2O. The fourth-order valence-electron chi connectivity index (χ4n) is 2.08. The summed E-state index contributed by atoms with van der Waals surface area (Å²) in [5.41, 5.74) is 1.22. The van der Waals surface area contributed by atoms with Crippen molar-refractivity contribution >= 4 is 5.82 Å². The fraction of sp³-hybridized carbons (Fsp3) is 0.389. The lowest BCUT2D eigenvalue weighted by atomic mass is 10.2. The molecule has 0 fully saturated rings. The Balaban J connectivity index is 1.71. The van der Waals surface area contributed by atoms with Crippen LogP contribution < -0.4 is 10.1 Å². The van der Waals surface area contributed by atoms with Gasteiger partial charge in [0.15, 0.2) is 0 Å². The van der Waals surface area contributed by atoms with Crippen molar-refractivity contribution in [1.29, 1.82) is 0 Å². The zero-order valence-corrected chi connectivity index (χ0v) is 12.7. The van der Waals surface area contributed by atoms with Crippen molar-refractivity contribution in [2.75, 3.05) is 11.9 Å². The van der Waals surface area contributed by atoms with E-state index in [1.807, 2.05) is 30.3 Å². The summed E-state index contributed by atoms with van der Waals surface area (Å²) in [4.78, 5) is 4.24. The van der Waals surface area contributed by atoms with Gasteiger partial charge in [-0.2, -0.15) is 0 Å². The number of anilines is 1. The number of hydrogen-bond acceptors (Lipinski definition) is 3. The first-order valence-corrected chi connectivity index (χ1v) is 7.75. The minimum absolute atomic E-state index is 0.772. The second-order valence-electron chi connectivity index (χ2n) is 5.12. The standard InChI is InChI=1S/C18H24N2O/c1-2-3-4-7-14-21-17-11-9-16(10-12-17)15-20-18-8-5-6-13-19-18/h5-6,8-13H,2-4,7,14-15H2,1H3,(H,19,20). The molecule has 1 heterocycles. The first kappa shape index (κ1) is 15.4. The highest BCUT2D eigenvalue weighted by atomic mass is 16.5. The molecule has 2 aromatic rings. The number of unbranched alkanes of at least 4 members (excludes halogenated alkanes) is 3. The Morgan fingerprint density at radius 1 is 1.00 bits per heavy atom. The van der Waals surface area contributed by atoms with E-state index in [9.17, 15) is 0 Å². The van der Waals surface area contributed by atoms with Crippen molar-refractivity contribution < 1.29 is 4.74 Å². The summed E-state index contributed by atoms with van der Waals surface area (Å²) < 4.78 is 5.74. The largest absolute Gasteiger partial charge is 0.494 e. The van der Waals surface area contributed by atoms with E-state index in [1.54, 1.807) is 6.20 Å². The third kappa shape index (κ3) is 5.86. The Morgan fingerprint density at radius 2 is 1.86 bits per heavy atom. The molecule has 0 bridgehead atoms. The molecule has 2 rings (SSSR count). The number of nitrogens with one attached hydrogen (secondary N) is 1. The highest BCUT2D eigenvalue weighted by molar-refractivity contribution is 5.35. The molecule has 0 aliphatic carbocycles. The van der Waals surface area contributed by atoms with E-state index in [4.69, 9.17) is 4.74 Å². The molecule has 0 unspecified atom stereocenters. The van der Waals surface area contributed by atoms with Crippen molar-refractivity contribution in [3.05, 3.63) is 54.2 Å². The molecular weight excluding hydrogens is 260 g/mol. The van der Waals surface area contributed by atoms with E-state index in [-0.39, 0.29) is 0 Å². The van der Waals surface area contributed by atoms with Gasteiger partial charge in [0.05, 0.1) is 6.61 Å². The van der Waals surface area contributed by atoms with Crippen LogP contribution in [0.25, 0.3) is 0 Å².